The Hall–Kier alpha value is -2.33. The van der Waals surface area contributed by atoms with Crippen LogP contribution in [0.4, 0.5) is 5.95 Å². The van der Waals surface area contributed by atoms with E-state index in [0.29, 0.717) is 11.1 Å². The van der Waals surface area contributed by atoms with E-state index in [9.17, 15) is 4.79 Å². The Morgan fingerprint density at radius 1 is 1.47 bits per heavy atom. The summed E-state index contributed by atoms with van der Waals surface area (Å²) >= 11 is 0. The normalized spacial score (nSPS) is 9.93. The molecule has 2 aromatic heterocycles. The van der Waals surface area contributed by atoms with Crippen molar-refractivity contribution in [3.8, 4) is 11.8 Å². The van der Waals surface area contributed by atoms with Crippen LogP contribution in [0.2, 0.25) is 0 Å². The summed E-state index contributed by atoms with van der Waals surface area (Å²) < 4.78 is 0. The summed E-state index contributed by atoms with van der Waals surface area (Å²) in [6, 6.07) is 0. The molecule has 15 heavy (non-hydrogen) atoms. The fraction of sp³-hybridized carbons (Fsp3) is 0.125. The SMILES string of the molecule is NCC#Cc1[nH]nc2nc(N)[nH]c(=O)c12. The molecule has 2 aromatic rings. The molecule has 0 saturated carbocycles. The van der Waals surface area contributed by atoms with Gasteiger partial charge in [-0.25, -0.2) is 0 Å². The third kappa shape index (κ3) is 1.53. The topological polar surface area (TPSA) is 126 Å². The van der Waals surface area contributed by atoms with Crippen molar-refractivity contribution in [2.75, 3.05) is 12.3 Å². The first-order valence-corrected chi connectivity index (χ1v) is 4.15. The number of H-pyrrole nitrogens is 2. The number of nitrogen functional groups attached to an aromatic ring is 1. The van der Waals surface area contributed by atoms with Crippen LogP contribution in [0.15, 0.2) is 4.79 Å². The Balaban J connectivity index is 2.75. The zero-order valence-corrected chi connectivity index (χ0v) is 7.66. The quantitative estimate of drug-likeness (QED) is 0.390. The summed E-state index contributed by atoms with van der Waals surface area (Å²) in [7, 11) is 0. The predicted octanol–water partition coefficient (Wildman–Crippen LogP) is -1.46. The Morgan fingerprint density at radius 3 is 3.00 bits per heavy atom. The van der Waals surface area contributed by atoms with Gasteiger partial charge in [0, 0.05) is 0 Å². The number of hydrogen-bond acceptors (Lipinski definition) is 5. The first-order valence-electron chi connectivity index (χ1n) is 4.15. The van der Waals surface area contributed by atoms with E-state index in [0.717, 1.165) is 0 Å². The fourth-order valence-electron chi connectivity index (χ4n) is 1.18. The van der Waals surface area contributed by atoms with Gasteiger partial charge in [0.25, 0.3) is 5.56 Å². The van der Waals surface area contributed by atoms with Crippen LogP contribution in [0.1, 0.15) is 5.69 Å². The predicted molar refractivity (Wildman–Crippen MR) is 54.9 cm³/mol. The molecule has 2 rings (SSSR count). The summed E-state index contributed by atoms with van der Waals surface area (Å²) in [4.78, 5) is 17.7. The van der Waals surface area contributed by atoms with Crippen LogP contribution in [0, 0.1) is 11.8 Å². The molecule has 0 aliphatic heterocycles. The Labute approximate surface area is 83.9 Å². The largest absolute Gasteiger partial charge is 0.369 e. The summed E-state index contributed by atoms with van der Waals surface area (Å²) in [6.07, 6.45) is 0. The molecule has 0 unspecified atom stereocenters. The molecule has 0 bridgehead atoms. The zero-order chi connectivity index (χ0) is 10.8. The average Bonchev–Trinajstić information content (AvgIpc) is 2.58. The van der Waals surface area contributed by atoms with E-state index in [2.05, 4.69) is 32.0 Å². The lowest BCUT2D eigenvalue weighted by Gasteiger charge is -1.90. The Bertz CT molecular complexity index is 613. The van der Waals surface area contributed by atoms with E-state index < -0.39 is 0 Å². The summed E-state index contributed by atoms with van der Waals surface area (Å²) in [5, 5.41) is 6.71. The lowest BCUT2D eigenvalue weighted by atomic mass is 10.3. The van der Waals surface area contributed by atoms with Crippen molar-refractivity contribution in [1.29, 1.82) is 0 Å². The minimum atomic E-state index is -0.368. The molecule has 7 nitrogen and oxygen atoms in total. The number of rotatable bonds is 0. The second-order valence-electron chi connectivity index (χ2n) is 2.75. The number of nitrogens with two attached hydrogens (primary N) is 2. The lowest BCUT2D eigenvalue weighted by molar-refractivity contribution is 1.08. The number of nitrogens with one attached hydrogen (secondary N) is 2. The highest BCUT2D eigenvalue weighted by atomic mass is 16.1. The zero-order valence-electron chi connectivity index (χ0n) is 7.66. The number of hydrogen-bond donors (Lipinski definition) is 4. The number of anilines is 1. The monoisotopic (exact) mass is 204 g/mol. The number of aromatic nitrogens is 4. The molecule has 0 aliphatic rings. The Kier molecular flexibility index (Phi) is 2.11. The van der Waals surface area contributed by atoms with Crippen molar-refractivity contribution >= 4 is 17.0 Å². The summed E-state index contributed by atoms with van der Waals surface area (Å²) in [5.74, 6) is 5.34. The van der Waals surface area contributed by atoms with Gasteiger partial charge in [-0.15, -0.1) is 0 Å². The molecule has 0 atom stereocenters. The maximum atomic E-state index is 11.5. The van der Waals surface area contributed by atoms with Gasteiger partial charge in [0.05, 0.1) is 6.54 Å². The molecule has 0 amide bonds. The van der Waals surface area contributed by atoms with Crippen LogP contribution < -0.4 is 17.0 Å². The van der Waals surface area contributed by atoms with Gasteiger partial charge in [-0.2, -0.15) is 10.1 Å². The molecule has 76 valence electrons. The maximum absolute atomic E-state index is 11.5. The van der Waals surface area contributed by atoms with Crippen LogP contribution in [0.5, 0.6) is 0 Å². The van der Waals surface area contributed by atoms with Gasteiger partial charge in [0.1, 0.15) is 11.1 Å². The molecule has 7 heteroatoms. The van der Waals surface area contributed by atoms with Gasteiger partial charge in [-0.3, -0.25) is 14.9 Å². The van der Waals surface area contributed by atoms with E-state index >= 15 is 0 Å². The average molecular weight is 204 g/mol. The first kappa shape index (κ1) is 9.23. The molecule has 0 spiro atoms. The van der Waals surface area contributed by atoms with Gasteiger partial charge >= 0.3 is 0 Å². The molecule has 0 aliphatic carbocycles. The molecule has 6 N–H and O–H groups in total. The van der Waals surface area contributed by atoms with E-state index in [1.807, 2.05) is 0 Å². The molecule has 0 aromatic carbocycles. The second-order valence-corrected chi connectivity index (χ2v) is 2.75. The smallest absolute Gasteiger partial charge is 0.264 e. The van der Waals surface area contributed by atoms with Crippen LogP contribution in [-0.4, -0.2) is 26.7 Å². The van der Waals surface area contributed by atoms with Crippen molar-refractivity contribution in [2.45, 2.75) is 0 Å². The van der Waals surface area contributed by atoms with E-state index in [-0.39, 0.29) is 23.7 Å². The van der Waals surface area contributed by atoms with Crippen LogP contribution in [0.3, 0.4) is 0 Å². The van der Waals surface area contributed by atoms with Gasteiger partial charge in [0.15, 0.2) is 5.65 Å². The van der Waals surface area contributed by atoms with Gasteiger partial charge in [0.2, 0.25) is 5.95 Å². The summed E-state index contributed by atoms with van der Waals surface area (Å²) in [5.41, 5.74) is 10.9. The van der Waals surface area contributed by atoms with Crippen LogP contribution >= 0.6 is 0 Å². The number of aromatic amines is 2. The van der Waals surface area contributed by atoms with Crippen molar-refractivity contribution in [2.24, 2.45) is 5.73 Å². The van der Waals surface area contributed by atoms with Crippen molar-refractivity contribution in [3.63, 3.8) is 0 Å². The van der Waals surface area contributed by atoms with Crippen LogP contribution in [0.25, 0.3) is 11.0 Å². The van der Waals surface area contributed by atoms with Gasteiger partial charge < -0.3 is 11.5 Å². The van der Waals surface area contributed by atoms with Crippen molar-refractivity contribution in [3.05, 3.63) is 16.0 Å². The van der Waals surface area contributed by atoms with E-state index in [4.69, 9.17) is 11.5 Å². The maximum Gasteiger partial charge on any atom is 0.264 e. The molecule has 2 heterocycles. The van der Waals surface area contributed by atoms with E-state index in [1.165, 1.54) is 0 Å². The highest BCUT2D eigenvalue weighted by molar-refractivity contribution is 5.80. The van der Waals surface area contributed by atoms with E-state index in [1.54, 1.807) is 0 Å². The van der Waals surface area contributed by atoms with Gasteiger partial charge in [-0.05, 0) is 5.92 Å². The second kappa shape index (κ2) is 3.43. The summed E-state index contributed by atoms with van der Waals surface area (Å²) in [6.45, 7) is 0.209. The Morgan fingerprint density at radius 2 is 2.27 bits per heavy atom. The van der Waals surface area contributed by atoms with Crippen molar-refractivity contribution in [1.82, 2.24) is 20.2 Å². The van der Waals surface area contributed by atoms with Crippen molar-refractivity contribution < 1.29 is 0 Å². The molecule has 0 saturated heterocycles. The standard InChI is InChI=1S/C8H8N6O/c9-3-1-2-4-5-6(14-13-4)11-8(10)12-7(5)15/h3,9H2,(H4,10,11,12,13,14,15). The minimum absolute atomic E-state index is 0.0253. The molecule has 0 radical (unpaired) electrons. The van der Waals surface area contributed by atoms with Crippen LogP contribution in [-0.2, 0) is 0 Å². The highest BCUT2D eigenvalue weighted by Crippen LogP contribution is 2.07. The third-order valence-corrected chi connectivity index (χ3v) is 1.76. The fourth-order valence-corrected chi connectivity index (χ4v) is 1.18. The number of fused-ring (bicyclic) bond motifs is 1. The number of nitrogens with zero attached hydrogens (tertiary/aromatic N) is 2. The molecular formula is C8H8N6O. The minimum Gasteiger partial charge on any atom is -0.369 e. The van der Waals surface area contributed by atoms with Gasteiger partial charge in [-0.1, -0.05) is 5.92 Å². The first-order chi connectivity index (χ1) is 7.22. The highest BCUT2D eigenvalue weighted by Gasteiger charge is 2.09. The molecule has 0 fully saturated rings. The third-order valence-electron chi connectivity index (χ3n) is 1.76. The lowest BCUT2D eigenvalue weighted by Crippen LogP contribution is -2.11. The molecular weight excluding hydrogens is 196 g/mol.